The Bertz CT molecular complexity index is 633. The van der Waals surface area contributed by atoms with E-state index in [1.165, 1.54) is 4.90 Å². The molecule has 1 heterocycles. The van der Waals surface area contributed by atoms with Crippen LogP contribution in [0.1, 0.15) is 40.2 Å². The quantitative estimate of drug-likeness (QED) is 0.928. The van der Waals surface area contributed by atoms with Crippen LogP contribution in [-0.2, 0) is 14.3 Å². The molecule has 0 spiro atoms. The fourth-order valence-corrected chi connectivity index (χ4v) is 2.49. The van der Waals surface area contributed by atoms with Crippen LogP contribution in [0.2, 0.25) is 0 Å². The lowest BCUT2D eigenvalue weighted by Crippen LogP contribution is -2.59. The van der Waals surface area contributed by atoms with E-state index in [0.29, 0.717) is 11.3 Å². The van der Waals surface area contributed by atoms with Gasteiger partial charge in [0.05, 0.1) is 5.57 Å². The second-order valence-corrected chi connectivity index (χ2v) is 6.49. The van der Waals surface area contributed by atoms with E-state index in [0.717, 1.165) is 5.56 Å². The van der Waals surface area contributed by atoms with Crippen molar-refractivity contribution in [2.75, 3.05) is 6.73 Å². The standard InChI is InChI=1S/C18H24N2O3/c1-12(2)19-17(22)18(4,5)20-11-23-13(3)15(16(20)21)14-9-7-6-8-10-14/h6-10,12H,11H2,1-5H3,(H,19,22). The van der Waals surface area contributed by atoms with Crippen molar-refractivity contribution in [2.45, 2.75) is 46.2 Å². The highest BCUT2D eigenvalue weighted by molar-refractivity contribution is 6.21. The summed E-state index contributed by atoms with van der Waals surface area (Å²) in [6.45, 7) is 9.09. The molecule has 2 amide bonds. The highest BCUT2D eigenvalue weighted by Crippen LogP contribution is 2.30. The molecule has 1 N–H and O–H groups in total. The van der Waals surface area contributed by atoms with Gasteiger partial charge in [0.15, 0.2) is 6.73 Å². The molecule has 0 saturated carbocycles. The third-order valence-electron chi connectivity index (χ3n) is 3.93. The number of nitrogens with one attached hydrogen (secondary N) is 1. The average Bonchev–Trinajstić information content (AvgIpc) is 2.47. The van der Waals surface area contributed by atoms with Crippen molar-refractivity contribution in [3.8, 4) is 0 Å². The Morgan fingerprint density at radius 2 is 1.87 bits per heavy atom. The highest BCUT2D eigenvalue weighted by Gasteiger charge is 2.42. The summed E-state index contributed by atoms with van der Waals surface area (Å²) in [5, 5.41) is 2.86. The summed E-state index contributed by atoms with van der Waals surface area (Å²) in [6, 6.07) is 9.38. The van der Waals surface area contributed by atoms with Crippen LogP contribution in [-0.4, -0.2) is 35.0 Å². The first-order valence-corrected chi connectivity index (χ1v) is 7.77. The summed E-state index contributed by atoms with van der Waals surface area (Å²) >= 11 is 0. The summed E-state index contributed by atoms with van der Waals surface area (Å²) in [4.78, 5) is 26.9. The molecule has 0 atom stereocenters. The fourth-order valence-electron chi connectivity index (χ4n) is 2.49. The second kappa shape index (κ2) is 6.44. The predicted octanol–water partition coefficient (Wildman–Crippen LogP) is 2.54. The van der Waals surface area contributed by atoms with Crippen LogP contribution >= 0.6 is 0 Å². The zero-order valence-corrected chi connectivity index (χ0v) is 14.3. The van der Waals surface area contributed by atoms with Crippen molar-refractivity contribution in [1.29, 1.82) is 0 Å². The Morgan fingerprint density at radius 3 is 2.43 bits per heavy atom. The third-order valence-corrected chi connectivity index (χ3v) is 3.93. The van der Waals surface area contributed by atoms with Crippen LogP contribution in [0.4, 0.5) is 0 Å². The topological polar surface area (TPSA) is 58.6 Å². The number of carbonyl (C=O) groups excluding carboxylic acids is 2. The first-order valence-electron chi connectivity index (χ1n) is 7.77. The van der Waals surface area contributed by atoms with Crippen LogP contribution in [0.15, 0.2) is 36.1 Å². The van der Waals surface area contributed by atoms with Crippen molar-refractivity contribution in [3.63, 3.8) is 0 Å². The van der Waals surface area contributed by atoms with Crippen LogP contribution < -0.4 is 5.32 Å². The number of carbonyl (C=O) groups is 2. The van der Waals surface area contributed by atoms with E-state index in [1.54, 1.807) is 20.8 Å². The first kappa shape index (κ1) is 17.1. The number of hydrogen-bond donors (Lipinski definition) is 1. The SMILES string of the molecule is CC1=C(c2ccccc2)C(=O)N(C(C)(C)C(=O)NC(C)C)CO1. The molecule has 5 heteroatoms. The lowest BCUT2D eigenvalue weighted by Gasteiger charge is -2.40. The molecule has 1 aromatic rings. The number of benzene rings is 1. The van der Waals surface area contributed by atoms with E-state index in [2.05, 4.69) is 5.32 Å². The Kier molecular flexibility index (Phi) is 4.78. The van der Waals surface area contributed by atoms with Crippen LogP contribution in [0.25, 0.3) is 5.57 Å². The van der Waals surface area contributed by atoms with E-state index in [-0.39, 0.29) is 24.6 Å². The molecule has 0 aromatic heterocycles. The van der Waals surface area contributed by atoms with Crippen molar-refractivity contribution in [3.05, 3.63) is 41.7 Å². The minimum Gasteiger partial charge on any atom is -0.477 e. The average molecular weight is 316 g/mol. The monoisotopic (exact) mass is 316 g/mol. The van der Waals surface area contributed by atoms with Gasteiger partial charge in [0.1, 0.15) is 11.3 Å². The van der Waals surface area contributed by atoms with Gasteiger partial charge in [-0.05, 0) is 40.2 Å². The van der Waals surface area contributed by atoms with Gasteiger partial charge < -0.3 is 10.1 Å². The van der Waals surface area contributed by atoms with Crippen molar-refractivity contribution in [2.24, 2.45) is 0 Å². The van der Waals surface area contributed by atoms with E-state index >= 15 is 0 Å². The first-order chi connectivity index (χ1) is 10.7. The van der Waals surface area contributed by atoms with E-state index in [1.807, 2.05) is 44.2 Å². The molecule has 1 aliphatic heterocycles. The lowest BCUT2D eigenvalue weighted by molar-refractivity contribution is -0.149. The Hall–Kier alpha value is -2.30. The minimum absolute atomic E-state index is 0.00783. The molecule has 0 bridgehead atoms. The third kappa shape index (κ3) is 3.38. The maximum absolute atomic E-state index is 13.0. The molecule has 5 nitrogen and oxygen atoms in total. The molecule has 0 aliphatic carbocycles. The molecular weight excluding hydrogens is 292 g/mol. The van der Waals surface area contributed by atoms with Crippen LogP contribution in [0.3, 0.4) is 0 Å². The number of allylic oxidation sites excluding steroid dienone is 1. The smallest absolute Gasteiger partial charge is 0.261 e. The Labute approximate surface area is 137 Å². The molecule has 124 valence electrons. The Morgan fingerprint density at radius 1 is 1.26 bits per heavy atom. The van der Waals surface area contributed by atoms with Crippen molar-refractivity contribution >= 4 is 17.4 Å². The summed E-state index contributed by atoms with van der Waals surface area (Å²) in [6.07, 6.45) is 0. The van der Waals surface area contributed by atoms with Gasteiger partial charge in [-0.25, -0.2) is 0 Å². The molecule has 1 aliphatic rings. The van der Waals surface area contributed by atoms with Gasteiger partial charge in [-0.2, -0.15) is 0 Å². The zero-order chi connectivity index (χ0) is 17.2. The highest BCUT2D eigenvalue weighted by atomic mass is 16.5. The van der Waals surface area contributed by atoms with Gasteiger partial charge in [-0.1, -0.05) is 30.3 Å². The number of nitrogens with zero attached hydrogens (tertiary/aromatic N) is 1. The zero-order valence-electron chi connectivity index (χ0n) is 14.3. The maximum Gasteiger partial charge on any atom is 0.261 e. The van der Waals surface area contributed by atoms with Crippen LogP contribution in [0, 0.1) is 0 Å². The largest absolute Gasteiger partial charge is 0.477 e. The van der Waals surface area contributed by atoms with Gasteiger partial charge in [0.25, 0.3) is 5.91 Å². The van der Waals surface area contributed by atoms with Gasteiger partial charge in [-0.3, -0.25) is 14.5 Å². The molecular formula is C18H24N2O3. The predicted molar refractivity (Wildman–Crippen MR) is 89.2 cm³/mol. The van der Waals surface area contributed by atoms with Gasteiger partial charge in [0, 0.05) is 6.04 Å². The second-order valence-electron chi connectivity index (χ2n) is 6.49. The van der Waals surface area contributed by atoms with Crippen LogP contribution in [0.5, 0.6) is 0 Å². The molecule has 1 aromatic carbocycles. The molecule has 0 saturated heterocycles. The molecule has 0 fully saturated rings. The number of rotatable bonds is 4. The summed E-state index contributed by atoms with van der Waals surface area (Å²) < 4.78 is 5.67. The summed E-state index contributed by atoms with van der Waals surface area (Å²) in [7, 11) is 0. The van der Waals surface area contributed by atoms with E-state index in [9.17, 15) is 9.59 Å². The minimum atomic E-state index is -0.998. The van der Waals surface area contributed by atoms with E-state index in [4.69, 9.17) is 4.74 Å². The normalized spacial score (nSPS) is 15.7. The van der Waals surface area contributed by atoms with Crippen molar-refractivity contribution in [1.82, 2.24) is 10.2 Å². The molecule has 23 heavy (non-hydrogen) atoms. The molecule has 0 unspecified atom stereocenters. The number of amides is 2. The van der Waals surface area contributed by atoms with Gasteiger partial charge in [-0.15, -0.1) is 0 Å². The number of hydrogen-bond acceptors (Lipinski definition) is 3. The van der Waals surface area contributed by atoms with Gasteiger partial charge >= 0.3 is 0 Å². The summed E-state index contributed by atoms with van der Waals surface area (Å²) in [5.74, 6) is 0.192. The molecule has 0 radical (unpaired) electrons. The maximum atomic E-state index is 13.0. The summed E-state index contributed by atoms with van der Waals surface area (Å²) in [5.41, 5.74) is 0.296. The number of ether oxygens (including phenoxy) is 1. The Balaban J connectivity index is 2.34. The lowest BCUT2D eigenvalue weighted by atomic mass is 9.96. The van der Waals surface area contributed by atoms with E-state index < -0.39 is 5.54 Å². The molecule has 2 rings (SSSR count). The fraction of sp³-hybridized carbons (Fsp3) is 0.444. The van der Waals surface area contributed by atoms with Crippen molar-refractivity contribution < 1.29 is 14.3 Å². The van der Waals surface area contributed by atoms with Gasteiger partial charge in [0.2, 0.25) is 5.91 Å².